The lowest BCUT2D eigenvalue weighted by Crippen LogP contribution is -2.44. The number of piperidine rings is 1. The molecular formula is C17H35N5O2. The minimum absolute atomic E-state index is 0.369. The van der Waals surface area contributed by atoms with Crippen LogP contribution in [0.5, 0.6) is 0 Å². The van der Waals surface area contributed by atoms with Crippen LogP contribution in [-0.2, 0) is 4.74 Å². The first-order valence-corrected chi connectivity index (χ1v) is 8.90. The normalized spacial score (nSPS) is 19.7. The third-order valence-electron chi connectivity index (χ3n) is 3.82. The van der Waals surface area contributed by atoms with Crippen LogP contribution in [0.15, 0.2) is 4.99 Å². The number of carbonyl (C=O) groups is 1. The molecule has 0 spiro atoms. The predicted molar refractivity (Wildman–Crippen MR) is 98.4 cm³/mol. The molecule has 0 aliphatic carbocycles. The van der Waals surface area contributed by atoms with E-state index in [2.05, 4.69) is 32.9 Å². The molecule has 3 N–H and O–H groups in total. The molecule has 0 bridgehead atoms. The first-order chi connectivity index (χ1) is 11.3. The molecule has 0 radical (unpaired) electrons. The Bertz CT molecular complexity index is 406. The zero-order valence-corrected chi connectivity index (χ0v) is 15.9. The second-order valence-corrected chi connectivity index (χ2v) is 7.43. The fourth-order valence-corrected chi connectivity index (χ4v) is 2.70. The molecule has 1 saturated heterocycles. The minimum Gasteiger partial charge on any atom is -0.444 e. The number of amides is 1. The van der Waals surface area contributed by atoms with Gasteiger partial charge in [0.2, 0.25) is 0 Å². The summed E-state index contributed by atoms with van der Waals surface area (Å²) in [5.41, 5.74) is -0.457. The Morgan fingerprint density at radius 3 is 2.58 bits per heavy atom. The Labute approximate surface area is 146 Å². The number of alkyl carbamates (subject to hydrolysis) is 1. The van der Waals surface area contributed by atoms with Crippen molar-refractivity contribution in [3.05, 3.63) is 0 Å². The van der Waals surface area contributed by atoms with Crippen LogP contribution in [0.25, 0.3) is 0 Å². The fraction of sp³-hybridized carbons (Fsp3) is 0.882. The standard InChI is InChI=1S/C17H35N5O2/c1-17(2,3)24-16(23)20-10-7-9-19-15(18-4)21-12-14-8-6-11-22(5)13-14/h14H,6-13H2,1-5H3,(H,20,23)(H2,18,19,21). The summed E-state index contributed by atoms with van der Waals surface area (Å²) in [6.45, 7) is 10.2. The SMILES string of the molecule is CN=C(NCCCNC(=O)OC(C)(C)C)NCC1CCCN(C)C1. The first-order valence-electron chi connectivity index (χ1n) is 8.90. The molecule has 0 saturated carbocycles. The van der Waals surface area contributed by atoms with Crippen molar-refractivity contribution in [2.45, 2.75) is 45.6 Å². The summed E-state index contributed by atoms with van der Waals surface area (Å²) in [5.74, 6) is 1.50. The Morgan fingerprint density at radius 2 is 1.96 bits per heavy atom. The highest BCUT2D eigenvalue weighted by molar-refractivity contribution is 5.79. The van der Waals surface area contributed by atoms with Gasteiger partial charge >= 0.3 is 6.09 Å². The highest BCUT2D eigenvalue weighted by Gasteiger charge is 2.17. The van der Waals surface area contributed by atoms with Crippen molar-refractivity contribution in [1.29, 1.82) is 0 Å². The molecule has 1 heterocycles. The number of nitrogens with one attached hydrogen (secondary N) is 3. The van der Waals surface area contributed by atoms with Crippen LogP contribution in [0.4, 0.5) is 4.79 Å². The summed E-state index contributed by atoms with van der Waals surface area (Å²) in [6.07, 6.45) is 2.98. The van der Waals surface area contributed by atoms with E-state index in [9.17, 15) is 4.79 Å². The Kier molecular flexibility index (Phi) is 8.89. The average molecular weight is 342 g/mol. The van der Waals surface area contributed by atoms with Crippen molar-refractivity contribution in [3.8, 4) is 0 Å². The monoisotopic (exact) mass is 341 g/mol. The summed E-state index contributed by atoms with van der Waals surface area (Å²) in [7, 11) is 3.96. The van der Waals surface area contributed by atoms with Gasteiger partial charge in [0.15, 0.2) is 5.96 Å². The Hall–Kier alpha value is -1.50. The molecule has 1 rings (SSSR count). The topological polar surface area (TPSA) is 78.0 Å². The highest BCUT2D eigenvalue weighted by atomic mass is 16.6. The molecule has 140 valence electrons. The van der Waals surface area contributed by atoms with Gasteiger partial charge in [-0.05, 0) is 59.5 Å². The molecule has 1 amide bonds. The number of guanidine groups is 1. The van der Waals surface area contributed by atoms with E-state index in [1.807, 2.05) is 20.8 Å². The van der Waals surface area contributed by atoms with Crippen molar-refractivity contribution in [2.24, 2.45) is 10.9 Å². The number of aliphatic imine (C=N–C) groups is 1. The maximum Gasteiger partial charge on any atom is 0.407 e. The molecule has 1 aliphatic heterocycles. The van der Waals surface area contributed by atoms with Crippen LogP contribution in [-0.4, -0.2) is 69.4 Å². The fourth-order valence-electron chi connectivity index (χ4n) is 2.70. The Morgan fingerprint density at radius 1 is 1.25 bits per heavy atom. The lowest BCUT2D eigenvalue weighted by Gasteiger charge is -2.30. The highest BCUT2D eigenvalue weighted by Crippen LogP contribution is 2.13. The molecule has 7 nitrogen and oxygen atoms in total. The maximum atomic E-state index is 11.5. The van der Waals surface area contributed by atoms with Gasteiger partial charge in [-0.2, -0.15) is 0 Å². The second kappa shape index (κ2) is 10.4. The molecular weight excluding hydrogens is 306 g/mol. The minimum atomic E-state index is -0.457. The smallest absolute Gasteiger partial charge is 0.407 e. The molecule has 0 aromatic carbocycles. The number of hydrogen-bond acceptors (Lipinski definition) is 4. The largest absolute Gasteiger partial charge is 0.444 e. The van der Waals surface area contributed by atoms with Crippen LogP contribution < -0.4 is 16.0 Å². The number of ether oxygens (including phenoxy) is 1. The van der Waals surface area contributed by atoms with Crippen LogP contribution in [0.3, 0.4) is 0 Å². The van der Waals surface area contributed by atoms with Crippen molar-refractivity contribution in [1.82, 2.24) is 20.9 Å². The van der Waals surface area contributed by atoms with E-state index in [0.717, 1.165) is 32.0 Å². The number of hydrogen-bond donors (Lipinski definition) is 3. The van der Waals surface area contributed by atoms with E-state index in [0.29, 0.717) is 12.5 Å². The van der Waals surface area contributed by atoms with Gasteiger partial charge in [0, 0.05) is 33.2 Å². The molecule has 1 unspecified atom stereocenters. The van der Waals surface area contributed by atoms with Gasteiger partial charge in [-0.3, -0.25) is 4.99 Å². The zero-order chi connectivity index (χ0) is 18.0. The maximum absolute atomic E-state index is 11.5. The number of carbonyl (C=O) groups excluding carboxylic acids is 1. The van der Waals surface area contributed by atoms with Crippen molar-refractivity contribution < 1.29 is 9.53 Å². The molecule has 0 aromatic heterocycles. The van der Waals surface area contributed by atoms with E-state index in [4.69, 9.17) is 4.74 Å². The van der Waals surface area contributed by atoms with Crippen LogP contribution in [0.2, 0.25) is 0 Å². The first kappa shape index (κ1) is 20.5. The predicted octanol–water partition coefficient (Wildman–Crippen LogP) is 1.41. The van der Waals surface area contributed by atoms with Gasteiger partial charge in [0.1, 0.15) is 5.60 Å². The van der Waals surface area contributed by atoms with E-state index in [-0.39, 0.29) is 6.09 Å². The van der Waals surface area contributed by atoms with Gasteiger partial charge in [-0.15, -0.1) is 0 Å². The quantitative estimate of drug-likeness (QED) is 0.387. The van der Waals surface area contributed by atoms with Crippen molar-refractivity contribution in [2.75, 3.05) is 46.8 Å². The average Bonchev–Trinajstić information content (AvgIpc) is 2.48. The van der Waals surface area contributed by atoms with Crippen molar-refractivity contribution >= 4 is 12.1 Å². The third-order valence-corrected chi connectivity index (χ3v) is 3.82. The van der Waals surface area contributed by atoms with E-state index in [1.165, 1.54) is 19.4 Å². The van der Waals surface area contributed by atoms with Crippen molar-refractivity contribution in [3.63, 3.8) is 0 Å². The van der Waals surface area contributed by atoms with Gasteiger partial charge < -0.3 is 25.6 Å². The van der Waals surface area contributed by atoms with E-state index < -0.39 is 5.60 Å². The third kappa shape index (κ3) is 9.60. The lowest BCUT2D eigenvalue weighted by molar-refractivity contribution is 0.0527. The van der Waals surface area contributed by atoms with Gasteiger partial charge in [-0.25, -0.2) is 4.79 Å². The van der Waals surface area contributed by atoms with Crippen LogP contribution in [0, 0.1) is 5.92 Å². The lowest BCUT2D eigenvalue weighted by atomic mass is 9.99. The summed E-state index contributed by atoms with van der Waals surface area (Å²) < 4.78 is 5.19. The van der Waals surface area contributed by atoms with Gasteiger partial charge in [-0.1, -0.05) is 0 Å². The number of rotatable bonds is 6. The molecule has 7 heteroatoms. The molecule has 0 aromatic rings. The summed E-state index contributed by atoms with van der Waals surface area (Å²) in [5, 5.41) is 9.42. The van der Waals surface area contributed by atoms with Crippen LogP contribution in [0.1, 0.15) is 40.0 Å². The summed E-state index contributed by atoms with van der Waals surface area (Å²) >= 11 is 0. The van der Waals surface area contributed by atoms with Crippen LogP contribution >= 0.6 is 0 Å². The molecule has 1 aliphatic rings. The zero-order valence-electron chi connectivity index (χ0n) is 15.9. The molecule has 24 heavy (non-hydrogen) atoms. The second-order valence-electron chi connectivity index (χ2n) is 7.43. The van der Waals surface area contributed by atoms with E-state index >= 15 is 0 Å². The Balaban J connectivity index is 2.10. The summed E-state index contributed by atoms with van der Waals surface area (Å²) in [6, 6.07) is 0. The molecule has 1 atom stereocenters. The van der Waals surface area contributed by atoms with Gasteiger partial charge in [0.25, 0.3) is 0 Å². The molecule has 1 fully saturated rings. The number of likely N-dealkylation sites (tertiary alicyclic amines) is 1. The van der Waals surface area contributed by atoms with E-state index in [1.54, 1.807) is 7.05 Å². The van der Waals surface area contributed by atoms with Gasteiger partial charge in [0.05, 0.1) is 0 Å². The number of nitrogens with zero attached hydrogens (tertiary/aromatic N) is 2. The summed E-state index contributed by atoms with van der Waals surface area (Å²) in [4.78, 5) is 18.1.